The summed E-state index contributed by atoms with van der Waals surface area (Å²) in [6, 6.07) is 14.0. The average molecular weight is 401 g/mol. The van der Waals surface area contributed by atoms with Crippen LogP contribution < -0.4 is 0 Å². The summed E-state index contributed by atoms with van der Waals surface area (Å²) in [6.45, 7) is 10.0. The van der Waals surface area contributed by atoms with Gasteiger partial charge in [-0.25, -0.2) is 8.42 Å². The molecule has 0 radical (unpaired) electrons. The van der Waals surface area contributed by atoms with E-state index < -0.39 is 9.84 Å². The fourth-order valence-corrected chi connectivity index (χ4v) is 4.71. The van der Waals surface area contributed by atoms with E-state index in [2.05, 4.69) is 16.9 Å². The number of sulfone groups is 1. The minimum absolute atomic E-state index is 0.339. The van der Waals surface area contributed by atoms with E-state index >= 15 is 0 Å². The number of hydrogen-bond acceptors (Lipinski definition) is 3. The number of fused-ring (bicyclic) bond motifs is 3. The van der Waals surface area contributed by atoms with E-state index in [0.29, 0.717) is 9.79 Å². The fraction of sp³-hybridized carbons (Fsp3) is 0.391. The largest absolute Gasteiger partial charge is 0.358 e. The van der Waals surface area contributed by atoms with Gasteiger partial charge in [-0.05, 0) is 49.4 Å². The van der Waals surface area contributed by atoms with Gasteiger partial charge in [-0.2, -0.15) is 0 Å². The molecule has 1 aromatic heterocycles. The Balaban J connectivity index is 0.000000660. The summed E-state index contributed by atoms with van der Waals surface area (Å²) < 4.78 is 25.7. The highest BCUT2D eigenvalue weighted by Gasteiger charge is 2.21. The highest BCUT2D eigenvalue weighted by Crippen LogP contribution is 2.30. The number of H-pyrrole nitrogens is 1. The standard InChI is InChI=1S/C19H20N2O2S.2C2H6/c1-21-11-9-16-17-13-15(7-8-18(17)20-19(16)10-12-21)24(22,23)14-5-3-2-4-6-14;2*1-2/h2-8,13,20H,9-12H2,1H3;2*1-2H3. The third-order valence-corrected chi connectivity index (χ3v) is 6.58. The minimum atomic E-state index is -3.48. The molecule has 5 heteroatoms. The number of benzene rings is 2. The SMILES string of the molecule is CC.CC.CN1CCc2[nH]c3ccc(S(=O)(=O)c4ccccc4)cc3c2CC1. The van der Waals surface area contributed by atoms with Crippen LogP contribution in [0, 0.1) is 0 Å². The summed E-state index contributed by atoms with van der Waals surface area (Å²) in [6.07, 6.45) is 1.92. The molecule has 0 saturated heterocycles. The van der Waals surface area contributed by atoms with Crippen LogP contribution in [-0.4, -0.2) is 38.4 Å². The van der Waals surface area contributed by atoms with Crippen LogP contribution in [0.25, 0.3) is 10.9 Å². The molecule has 2 heterocycles. The van der Waals surface area contributed by atoms with Crippen molar-refractivity contribution in [2.45, 2.75) is 50.3 Å². The molecule has 0 bridgehead atoms. The minimum Gasteiger partial charge on any atom is -0.358 e. The third-order valence-electron chi connectivity index (χ3n) is 4.82. The maximum Gasteiger partial charge on any atom is 0.206 e. The Morgan fingerprint density at radius 2 is 1.50 bits per heavy atom. The quantitative estimate of drug-likeness (QED) is 0.652. The second-order valence-electron chi connectivity index (χ2n) is 6.41. The molecule has 0 saturated carbocycles. The van der Waals surface area contributed by atoms with Gasteiger partial charge in [-0.15, -0.1) is 0 Å². The number of aromatic nitrogens is 1. The van der Waals surface area contributed by atoms with Crippen molar-refractivity contribution in [2.75, 3.05) is 20.1 Å². The number of rotatable bonds is 2. The Morgan fingerprint density at radius 1 is 0.857 bits per heavy atom. The van der Waals surface area contributed by atoms with E-state index in [1.807, 2.05) is 45.9 Å². The molecular formula is C23H32N2O2S. The van der Waals surface area contributed by atoms with Crippen molar-refractivity contribution in [1.82, 2.24) is 9.88 Å². The van der Waals surface area contributed by atoms with E-state index in [1.165, 1.54) is 11.3 Å². The van der Waals surface area contributed by atoms with Crippen molar-refractivity contribution < 1.29 is 8.42 Å². The first-order valence-corrected chi connectivity index (χ1v) is 11.7. The molecule has 1 N–H and O–H groups in total. The maximum atomic E-state index is 12.9. The lowest BCUT2D eigenvalue weighted by Crippen LogP contribution is -2.21. The molecule has 1 aliphatic rings. The van der Waals surface area contributed by atoms with Crippen molar-refractivity contribution in [1.29, 1.82) is 0 Å². The smallest absolute Gasteiger partial charge is 0.206 e. The van der Waals surface area contributed by atoms with E-state index in [1.54, 1.807) is 30.3 Å². The second kappa shape index (κ2) is 9.89. The van der Waals surface area contributed by atoms with E-state index in [4.69, 9.17) is 0 Å². The van der Waals surface area contributed by atoms with Gasteiger partial charge >= 0.3 is 0 Å². The summed E-state index contributed by atoms with van der Waals surface area (Å²) in [5.41, 5.74) is 3.53. The zero-order chi connectivity index (χ0) is 20.7. The first kappa shape index (κ1) is 22.2. The number of aromatic amines is 1. The molecule has 0 unspecified atom stereocenters. The van der Waals surface area contributed by atoms with Gasteiger partial charge in [0.15, 0.2) is 0 Å². The van der Waals surface area contributed by atoms with Gasteiger partial charge in [-0.3, -0.25) is 0 Å². The molecule has 4 rings (SSSR count). The lowest BCUT2D eigenvalue weighted by atomic mass is 10.1. The topological polar surface area (TPSA) is 53.2 Å². The lowest BCUT2D eigenvalue weighted by Gasteiger charge is -2.11. The molecule has 0 amide bonds. The highest BCUT2D eigenvalue weighted by atomic mass is 32.2. The van der Waals surface area contributed by atoms with Gasteiger partial charge in [-0.1, -0.05) is 45.9 Å². The molecular weight excluding hydrogens is 368 g/mol. The van der Waals surface area contributed by atoms with E-state index in [9.17, 15) is 8.42 Å². The van der Waals surface area contributed by atoms with Crippen molar-refractivity contribution in [3.05, 3.63) is 59.8 Å². The normalized spacial score (nSPS) is 14.2. The van der Waals surface area contributed by atoms with Crippen molar-refractivity contribution in [2.24, 2.45) is 0 Å². The zero-order valence-electron chi connectivity index (χ0n) is 17.6. The van der Waals surface area contributed by atoms with E-state index in [0.717, 1.165) is 36.8 Å². The van der Waals surface area contributed by atoms with Gasteiger partial charge < -0.3 is 9.88 Å². The summed E-state index contributed by atoms with van der Waals surface area (Å²) >= 11 is 0. The summed E-state index contributed by atoms with van der Waals surface area (Å²) in [4.78, 5) is 6.48. The Hall–Kier alpha value is -2.11. The fourth-order valence-electron chi connectivity index (χ4n) is 3.40. The van der Waals surface area contributed by atoms with Crippen molar-refractivity contribution in [3.8, 4) is 0 Å². The summed E-state index contributed by atoms with van der Waals surface area (Å²) in [7, 11) is -1.35. The molecule has 0 spiro atoms. The molecule has 0 fully saturated rings. The molecule has 0 aliphatic carbocycles. The van der Waals surface area contributed by atoms with Crippen molar-refractivity contribution >= 4 is 20.7 Å². The summed E-state index contributed by atoms with van der Waals surface area (Å²) in [5.74, 6) is 0. The van der Waals surface area contributed by atoms with E-state index in [-0.39, 0.29) is 0 Å². The van der Waals surface area contributed by atoms with Crippen LogP contribution in [0.3, 0.4) is 0 Å². The second-order valence-corrected chi connectivity index (χ2v) is 8.36. The molecule has 0 atom stereocenters. The first-order chi connectivity index (χ1) is 13.6. The first-order valence-electron chi connectivity index (χ1n) is 10.2. The Morgan fingerprint density at radius 3 is 2.18 bits per heavy atom. The average Bonchev–Trinajstić information content (AvgIpc) is 3.00. The monoisotopic (exact) mass is 400 g/mol. The van der Waals surface area contributed by atoms with Crippen LogP contribution in [0.2, 0.25) is 0 Å². The molecule has 4 nitrogen and oxygen atoms in total. The number of nitrogens with zero attached hydrogens (tertiary/aromatic N) is 1. The molecule has 152 valence electrons. The van der Waals surface area contributed by atoms with Gasteiger partial charge in [0.05, 0.1) is 9.79 Å². The predicted octanol–water partition coefficient (Wildman–Crippen LogP) is 5.08. The van der Waals surface area contributed by atoms with Crippen LogP contribution in [0.1, 0.15) is 39.0 Å². The van der Waals surface area contributed by atoms with Crippen molar-refractivity contribution in [3.63, 3.8) is 0 Å². The van der Waals surface area contributed by atoms with Crippen LogP contribution in [0.4, 0.5) is 0 Å². The maximum absolute atomic E-state index is 12.9. The Labute approximate surface area is 169 Å². The van der Waals surface area contributed by atoms with Gasteiger partial charge in [0, 0.05) is 36.1 Å². The third kappa shape index (κ3) is 4.47. The lowest BCUT2D eigenvalue weighted by molar-refractivity contribution is 0.352. The number of likely N-dealkylation sites (N-methyl/N-ethyl adjacent to an activating group) is 1. The van der Waals surface area contributed by atoms with Gasteiger partial charge in [0.2, 0.25) is 9.84 Å². The van der Waals surface area contributed by atoms with Gasteiger partial charge in [0.1, 0.15) is 0 Å². The summed E-state index contributed by atoms with van der Waals surface area (Å²) in [5, 5.41) is 1.04. The zero-order valence-corrected chi connectivity index (χ0v) is 18.4. The molecule has 28 heavy (non-hydrogen) atoms. The van der Waals surface area contributed by atoms with Crippen LogP contribution in [0.15, 0.2) is 58.3 Å². The van der Waals surface area contributed by atoms with Crippen LogP contribution >= 0.6 is 0 Å². The molecule has 1 aliphatic heterocycles. The Bertz CT molecular complexity index is 992. The molecule has 3 aromatic rings. The Kier molecular flexibility index (Phi) is 7.84. The van der Waals surface area contributed by atoms with Crippen LogP contribution in [0.5, 0.6) is 0 Å². The highest BCUT2D eigenvalue weighted by molar-refractivity contribution is 7.91. The molecule has 2 aromatic carbocycles. The van der Waals surface area contributed by atoms with Crippen LogP contribution in [-0.2, 0) is 22.7 Å². The van der Waals surface area contributed by atoms with Gasteiger partial charge in [0.25, 0.3) is 0 Å². The number of nitrogens with one attached hydrogen (secondary N) is 1. The predicted molar refractivity (Wildman–Crippen MR) is 118 cm³/mol. The number of hydrogen-bond donors (Lipinski definition) is 1.